The number of nitrogens with one attached hydrogen (secondary N) is 2. The van der Waals surface area contributed by atoms with Gasteiger partial charge in [-0.05, 0) is 30.2 Å². The predicted octanol–water partition coefficient (Wildman–Crippen LogP) is 1.67. The van der Waals surface area contributed by atoms with Crippen molar-refractivity contribution in [1.29, 1.82) is 0 Å². The largest absolute Gasteiger partial charge is 0.481 e. The molecular weight excluding hydrogens is 352 g/mol. The SMILES string of the molecule is CN=C(NCc1ccc(S(C)(=O)=O)c(C)c1)NCc1cccc(OC)n1. The highest BCUT2D eigenvalue weighted by atomic mass is 32.2. The Morgan fingerprint density at radius 1 is 1.19 bits per heavy atom. The van der Waals surface area contributed by atoms with Gasteiger partial charge in [0.05, 0.1) is 24.2 Å². The molecule has 2 aromatic rings. The van der Waals surface area contributed by atoms with Crippen molar-refractivity contribution in [1.82, 2.24) is 15.6 Å². The molecule has 0 aliphatic carbocycles. The van der Waals surface area contributed by atoms with E-state index in [0.29, 0.717) is 29.8 Å². The number of sulfone groups is 1. The molecule has 8 heteroatoms. The second-order valence-electron chi connectivity index (χ2n) is 5.82. The Bertz CT molecular complexity index is 895. The molecule has 2 N–H and O–H groups in total. The number of guanidine groups is 1. The van der Waals surface area contributed by atoms with Crippen molar-refractivity contribution in [2.24, 2.45) is 4.99 Å². The third-order valence-corrected chi connectivity index (χ3v) is 5.01. The van der Waals surface area contributed by atoms with E-state index in [0.717, 1.165) is 16.8 Å². The van der Waals surface area contributed by atoms with Crippen LogP contribution >= 0.6 is 0 Å². The van der Waals surface area contributed by atoms with Crippen molar-refractivity contribution >= 4 is 15.8 Å². The summed E-state index contributed by atoms with van der Waals surface area (Å²) in [6.45, 7) is 2.82. The molecule has 26 heavy (non-hydrogen) atoms. The summed E-state index contributed by atoms with van der Waals surface area (Å²) in [7, 11) is 0.0624. The minimum absolute atomic E-state index is 0.354. The first kappa shape index (κ1) is 19.7. The predicted molar refractivity (Wildman–Crippen MR) is 102 cm³/mol. The standard InChI is InChI=1S/C18H24N4O3S/c1-13-10-14(8-9-16(13)26(4,23)24)11-20-18(19-2)21-12-15-6-5-7-17(22-15)25-3/h5-10H,11-12H2,1-4H3,(H2,19,20,21). The fourth-order valence-electron chi connectivity index (χ4n) is 2.49. The van der Waals surface area contributed by atoms with Crippen molar-refractivity contribution in [3.8, 4) is 5.88 Å². The Labute approximate surface area is 154 Å². The minimum atomic E-state index is -3.20. The Hall–Kier alpha value is -2.61. The fourth-order valence-corrected chi connectivity index (χ4v) is 3.45. The molecule has 140 valence electrons. The van der Waals surface area contributed by atoms with Crippen LogP contribution in [0.1, 0.15) is 16.8 Å². The average Bonchev–Trinajstić information content (AvgIpc) is 2.61. The summed E-state index contributed by atoms with van der Waals surface area (Å²) in [6, 6.07) is 10.9. The zero-order valence-corrected chi connectivity index (χ0v) is 16.2. The van der Waals surface area contributed by atoms with Gasteiger partial charge in [-0.2, -0.15) is 0 Å². The van der Waals surface area contributed by atoms with Gasteiger partial charge < -0.3 is 15.4 Å². The van der Waals surface area contributed by atoms with Gasteiger partial charge in [-0.3, -0.25) is 4.99 Å². The molecule has 0 spiro atoms. The van der Waals surface area contributed by atoms with Crippen molar-refractivity contribution in [2.75, 3.05) is 20.4 Å². The highest BCUT2D eigenvalue weighted by Crippen LogP contribution is 2.16. The van der Waals surface area contributed by atoms with Crippen LogP contribution in [-0.2, 0) is 22.9 Å². The molecule has 1 aromatic carbocycles. The van der Waals surface area contributed by atoms with E-state index in [1.54, 1.807) is 39.3 Å². The van der Waals surface area contributed by atoms with Crippen molar-refractivity contribution in [3.05, 3.63) is 53.2 Å². The first-order chi connectivity index (χ1) is 12.3. The van der Waals surface area contributed by atoms with Gasteiger partial charge in [0, 0.05) is 25.9 Å². The maximum atomic E-state index is 11.7. The molecule has 7 nitrogen and oxygen atoms in total. The maximum absolute atomic E-state index is 11.7. The first-order valence-corrected chi connectivity index (χ1v) is 9.96. The Morgan fingerprint density at radius 3 is 2.54 bits per heavy atom. The minimum Gasteiger partial charge on any atom is -0.481 e. The maximum Gasteiger partial charge on any atom is 0.213 e. The fraction of sp³-hybridized carbons (Fsp3) is 0.333. The molecular formula is C18H24N4O3S. The van der Waals surface area contributed by atoms with Crippen molar-refractivity contribution < 1.29 is 13.2 Å². The van der Waals surface area contributed by atoms with Crippen LogP contribution < -0.4 is 15.4 Å². The van der Waals surface area contributed by atoms with E-state index in [1.807, 2.05) is 18.2 Å². The number of ether oxygens (including phenoxy) is 1. The van der Waals surface area contributed by atoms with Gasteiger partial charge in [0.2, 0.25) is 5.88 Å². The monoisotopic (exact) mass is 376 g/mol. The van der Waals surface area contributed by atoms with E-state index in [4.69, 9.17) is 4.74 Å². The topological polar surface area (TPSA) is 92.7 Å². The number of aromatic nitrogens is 1. The van der Waals surface area contributed by atoms with Crippen LogP contribution in [0.5, 0.6) is 5.88 Å². The molecule has 0 unspecified atom stereocenters. The van der Waals surface area contributed by atoms with E-state index in [-0.39, 0.29) is 0 Å². The van der Waals surface area contributed by atoms with Crippen molar-refractivity contribution in [2.45, 2.75) is 24.9 Å². The Morgan fingerprint density at radius 2 is 1.92 bits per heavy atom. The highest BCUT2D eigenvalue weighted by molar-refractivity contribution is 7.90. The summed E-state index contributed by atoms with van der Waals surface area (Å²) in [5, 5.41) is 6.38. The second-order valence-corrected chi connectivity index (χ2v) is 7.81. The van der Waals surface area contributed by atoms with Crippen LogP contribution in [0.3, 0.4) is 0 Å². The number of benzene rings is 1. The van der Waals surface area contributed by atoms with Crippen LogP contribution in [0.15, 0.2) is 46.3 Å². The number of aliphatic imine (C=N–C) groups is 1. The summed E-state index contributed by atoms with van der Waals surface area (Å²) in [4.78, 5) is 8.87. The number of methoxy groups -OCH3 is 1. The Balaban J connectivity index is 1.95. The molecule has 0 bridgehead atoms. The van der Waals surface area contributed by atoms with Crippen LogP contribution in [0.2, 0.25) is 0 Å². The Kier molecular flexibility index (Phi) is 6.57. The van der Waals surface area contributed by atoms with Gasteiger partial charge >= 0.3 is 0 Å². The first-order valence-electron chi connectivity index (χ1n) is 8.07. The molecule has 1 aromatic heterocycles. The van der Waals surface area contributed by atoms with E-state index in [2.05, 4.69) is 20.6 Å². The van der Waals surface area contributed by atoms with Crippen LogP contribution in [0.25, 0.3) is 0 Å². The lowest BCUT2D eigenvalue weighted by atomic mass is 10.1. The van der Waals surface area contributed by atoms with Gasteiger partial charge in [0.25, 0.3) is 0 Å². The van der Waals surface area contributed by atoms with Crippen LogP contribution in [0, 0.1) is 6.92 Å². The molecule has 0 aliphatic heterocycles. The molecule has 0 saturated heterocycles. The number of pyridine rings is 1. The van der Waals surface area contributed by atoms with E-state index < -0.39 is 9.84 Å². The smallest absolute Gasteiger partial charge is 0.213 e. The van der Waals surface area contributed by atoms with Gasteiger partial charge in [-0.25, -0.2) is 13.4 Å². The zero-order valence-electron chi connectivity index (χ0n) is 15.4. The molecule has 2 rings (SSSR count). The number of rotatable bonds is 6. The lowest BCUT2D eigenvalue weighted by Gasteiger charge is -2.13. The average molecular weight is 376 g/mol. The van der Waals surface area contributed by atoms with Crippen molar-refractivity contribution in [3.63, 3.8) is 0 Å². The molecule has 0 aliphatic rings. The molecule has 0 atom stereocenters. The second kappa shape index (κ2) is 8.66. The van der Waals surface area contributed by atoms with Gasteiger partial charge in [0.15, 0.2) is 15.8 Å². The van der Waals surface area contributed by atoms with Crippen LogP contribution in [0.4, 0.5) is 0 Å². The van der Waals surface area contributed by atoms with Crippen LogP contribution in [-0.4, -0.2) is 39.8 Å². The molecule has 0 radical (unpaired) electrons. The third kappa shape index (κ3) is 5.45. The third-order valence-electron chi connectivity index (χ3n) is 3.75. The quantitative estimate of drug-likeness (QED) is 0.588. The number of nitrogens with zero attached hydrogens (tertiary/aromatic N) is 2. The van der Waals surface area contributed by atoms with E-state index in [1.165, 1.54) is 6.26 Å². The van der Waals surface area contributed by atoms with Gasteiger partial charge in [-0.15, -0.1) is 0 Å². The normalized spacial score (nSPS) is 11.9. The number of hydrogen-bond donors (Lipinski definition) is 2. The van der Waals surface area contributed by atoms with E-state index >= 15 is 0 Å². The van der Waals surface area contributed by atoms with Gasteiger partial charge in [0.1, 0.15) is 0 Å². The lowest BCUT2D eigenvalue weighted by molar-refractivity contribution is 0.396. The highest BCUT2D eigenvalue weighted by Gasteiger charge is 2.11. The molecule has 0 amide bonds. The summed E-state index contributed by atoms with van der Waals surface area (Å²) in [6.07, 6.45) is 1.21. The summed E-state index contributed by atoms with van der Waals surface area (Å²) in [5.41, 5.74) is 2.54. The number of hydrogen-bond acceptors (Lipinski definition) is 5. The summed E-state index contributed by atoms with van der Waals surface area (Å²) >= 11 is 0. The summed E-state index contributed by atoms with van der Waals surface area (Å²) in [5.74, 6) is 1.19. The molecule has 1 heterocycles. The lowest BCUT2D eigenvalue weighted by Crippen LogP contribution is -2.36. The van der Waals surface area contributed by atoms with Gasteiger partial charge in [-0.1, -0.05) is 18.2 Å². The van der Waals surface area contributed by atoms with E-state index in [9.17, 15) is 8.42 Å². The zero-order chi connectivity index (χ0) is 19.2. The number of aryl methyl sites for hydroxylation is 1. The molecule has 0 fully saturated rings. The summed E-state index contributed by atoms with van der Waals surface area (Å²) < 4.78 is 28.5. The molecule has 0 saturated carbocycles.